The van der Waals surface area contributed by atoms with Gasteiger partial charge in [0, 0.05) is 12.1 Å². The van der Waals surface area contributed by atoms with E-state index in [2.05, 4.69) is 0 Å². The Hall–Kier alpha value is -5.69. The second-order valence-corrected chi connectivity index (χ2v) is 10.1. The third-order valence-electron chi connectivity index (χ3n) is 6.93. The van der Waals surface area contributed by atoms with E-state index in [1.54, 1.807) is 24.3 Å². The van der Waals surface area contributed by atoms with Crippen LogP contribution < -0.4 is 23.7 Å². The van der Waals surface area contributed by atoms with Gasteiger partial charge in [0.25, 0.3) is 0 Å². The molecule has 0 unspecified atom stereocenters. The highest BCUT2D eigenvalue weighted by molar-refractivity contribution is 6.10. The lowest BCUT2D eigenvalue weighted by molar-refractivity contribution is 0.104. The zero-order chi connectivity index (χ0) is 31.4. The number of ketones is 1. The molecule has 0 aliphatic carbocycles. The van der Waals surface area contributed by atoms with E-state index < -0.39 is 5.78 Å². The number of phenolic OH excluding ortho intramolecular Hbond substituents is 1. The van der Waals surface area contributed by atoms with Gasteiger partial charge in [-0.15, -0.1) is 0 Å². The second kappa shape index (κ2) is 15.2. The number of carbonyl (C=O) groups excluding carboxylic acids is 1. The van der Waals surface area contributed by atoms with Crippen LogP contribution in [0.25, 0.3) is 6.08 Å². The number of benzene rings is 5. The molecule has 0 heterocycles. The molecule has 7 nitrogen and oxygen atoms in total. The van der Waals surface area contributed by atoms with Gasteiger partial charge in [-0.25, -0.2) is 0 Å². The minimum Gasteiger partial charge on any atom is -0.507 e. The smallest absolute Gasteiger partial charge is 0.203 e. The summed E-state index contributed by atoms with van der Waals surface area (Å²) >= 11 is 0. The van der Waals surface area contributed by atoms with Crippen LogP contribution in [0, 0.1) is 0 Å². The minimum absolute atomic E-state index is 0.0264. The lowest BCUT2D eigenvalue weighted by atomic mass is 10.1. The predicted octanol–water partition coefficient (Wildman–Crippen LogP) is 8.04. The Morgan fingerprint density at radius 1 is 0.622 bits per heavy atom. The molecule has 228 valence electrons. The first kappa shape index (κ1) is 30.8. The van der Waals surface area contributed by atoms with E-state index in [9.17, 15) is 9.90 Å². The van der Waals surface area contributed by atoms with E-state index in [4.69, 9.17) is 23.7 Å². The highest BCUT2D eigenvalue weighted by atomic mass is 16.5. The molecule has 0 bridgehead atoms. The first-order valence-electron chi connectivity index (χ1n) is 14.4. The molecule has 0 fully saturated rings. The molecule has 0 radical (unpaired) electrons. The maximum Gasteiger partial charge on any atom is 0.203 e. The molecule has 0 aliphatic rings. The molecule has 5 rings (SSSR count). The largest absolute Gasteiger partial charge is 0.507 e. The van der Waals surface area contributed by atoms with Gasteiger partial charge in [0.15, 0.2) is 17.3 Å². The number of ether oxygens (including phenoxy) is 5. The standard InChI is InChI=1S/C38H34O7/c1-41-31-22-33(40)37(34(23-31)42-2)32(39)19-18-30-20-35(43-24-27-12-6-3-7-13-27)38(45-26-29-16-10-5-11-17-29)36(21-30)44-25-28-14-8-4-9-15-28/h3-23,40H,24-26H2,1-2H3. The Labute approximate surface area is 262 Å². The fourth-order valence-corrected chi connectivity index (χ4v) is 4.61. The maximum absolute atomic E-state index is 13.3. The van der Waals surface area contributed by atoms with E-state index in [-0.39, 0.29) is 17.1 Å². The van der Waals surface area contributed by atoms with Crippen LogP contribution in [0.1, 0.15) is 32.6 Å². The van der Waals surface area contributed by atoms with Crippen molar-refractivity contribution in [1.82, 2.24) is 0 Å². The summed E-state index contributed by atoms with van der Waals surface area (Å²) in [5.74, 6) is 1.24. The number of hydrogen-bond donors (Lipinski definition) is 1. The van der Waals surface area contributed by atoms with Crippen molar-refractivity contribution in [1.29, 1.82) is 0 Å². The number of carbonyl (C=O) groups is 1. The highest BCUT2D eigenvalue weighted by Crippen LogP contribution is 2.41. The van der Waals surface area contributed by atoms with Crippen molar-refractivity contribution in [2.45, 2.75) is 19.8 Å². The van der Waals surface area contributed by atoms with Crippen LogP contribution in [0.2, 0.25) is 0 Å². The molecule has 0 atom stereocenters. The number of methoxy groups -OCH3 is 2. The number of phenols is 1. The molecule has 5 aromatic rings. The molecule has 0 aliphatic heterocycles. The Morgan fingerprint density at radius 2 is 1.11 bits per heavy atom. The second-order valence-electron chi connectivity index (χ2n) is 10.1. The van der Waals surface area contributed by atoms with Crippen LogP contribution in [-0.4, -0.2) is 25.1 Å². The topological polar surface area (TPSA) is 83.5 Å². The van der Waals surface area contributed by atoms with Crippen molar-refractivity contribution in [2.75, 3.05) is 14.2 Å². The SMILES string of the molecule is COc1cc(O)c(C(=O)C=Cc2cc(OCc3ccccc3)c(OCc3ccccc3)c(OCc3ccccc3)c2)c(OC)c1. The molecular formula is C38H34O7. The van der Waals surface area contributed by atoms with Gasteiger partial charge in [-0.2, -0.15) is 0 Å². The van der Waals surface area contributed by atoms with Gasteiger partial charge in [-0.1, -0.05) is 97.1 Å². The molecular weight excluding hydrogens is 568 g/mol. The quantitative estimate of drug-likeness (QED) is 0.102. The molecule has 7 heteroatoms. The van der Waals surface area contributed by atoms with Gasteiger partial charge in [0.1, 0.15) is 42.6 Å². The molecule has 1 N–H and O–H groups in total. The predicted molar refractivity (Wildman–Crippen MR) is 173 cm³/mol. The highest BCUT2D eigenvalue weighted by Gasteiger charge is 2.19. The minimum atomic E-state index is -0.449. The average molecular weight is 603 g/mol. The van der Waals surface area contributed by atoms with Gasteiger partial charge in [-0.05, 0) is 40.5 Å². The van der Waals surface area contributed by atoms with Gasteiger partial charge < -0.3 is 28.8 Å². The van der Waals surface area contributed by atoms with Crippen molar-refractivity contribution >= 4 is 11.9 Å². The maximum atomic E-state index is 13.3. The van der Waals surface area contributed by atoms with Gasteiger partial charge in [0.2, 0.25) is 5.75 Å². The Balaban J connectivity index is 1.51. The van der Waals surface area contributed by atoms with E-state index in [0.29, 0.717) is 48.4 Å². The summed E-state index contributed by atoms with van der Waals surface area (Å²) in [6.45, 7) is 0.891. The van der Waals surface area contributed by atoms with Gasteiger partial charge in [-0.3, -0.25) is 4.79 Å². The Kier molecular flexibility index (Phi) is 10.4. The van der Waals surface area contributed by atoms with E-state index in [1.807, 2.05) is 91.0 Å². The summed E-state index contributed by atoms with van der Waals surface area (Å²) in [5, 5.41) is 10.6. The normalized spacial score (nSPS) is 10.8. The first-order chi connectivity index (χ1) is 22.0. The van der Waals surface area contributed by atoms with Crippen molar-refractivity contribution in [2.24, 2.45) is 0 Å². The molecule has 0 saturated heterocycles. The van der Waals surface area contributed by atoms with E-state index in [1.165, 1.54) is 26.4 Å². The molecule has 0 spiro atoms. The van der Waals surface area contributed by atoms with Crippen molar-refractivity contribution < 1.29 is 33.6 Å². The van der Waals surface area contributed by atoms with Crippen molar-refractivity contribution in [3.63, 3.8) is 0 Å². The third kappa shape index (κ3) is 8.24. The fourth-order valence-electron chi connectivity index (χ4n) is 4.61. The zero-order valence-corrected chi connectivity index (χ0v) is 25.1. The molecule has 0 aromatic heterocycles. The summed E-state index contributed by atoms with van der Waals surface area (Å²) in [6.07, 6.45) is 3.00. The first-order valence-corrected chi connectivity index (χ1v) is 14.4. The summed E-state index contributed by atoms with van der Waals surface area (Å²) < 4.78 is 29.5. The monoisotopic (exact) mass is 602 g/mol. The molecule has 0 saturated carbocycles. The summed E-state index contributed by atoms with van der Waals surface area (Å²) in [5.41, 5.74) is 3.61. The number of allylic oxidation sites excluding steroid dienone is 1. The number of rotatable bonds is 14. The van der Waals surface area contributed by atoms with Gasteiger partial charge in [0.05, 0.1) is 14.2 Å². The van der Waals surface area contributed by atoms with Crippen LogP contribution in [0.15, 0.2) is 121 Å². The van der Waals surface area contributed by atoms with Crippen LogP contribution in [0.5, 0.6) is 34.5 Å². The van der Waals surface area contributed by atoms with E-state index in [0.717, 1.165) is 16.7 Å². The lowest BCUT2D eigenvalue weighted by Crippen LogP contribution is -2.05. The zero-order valence-electron chi connectivity index (χ0n) is 25.1. The van der Waals surface area contributed by atoms with Crippen LogP contribution >= 0.6 is 0 Å². The van der Waals surface area contributed by atoms with Crippen LogP contribution in [0.3, 0.4) is 0 Å². The molecule has 0 amide bonds. The van der Waals surface area contributed by atoms with E-state index >= 15 is 0 Å². The van der Waals surface area contributed by atoms with Crippen LogP contribution in [-0.2, 0) is 19.8 Å². The van der Waals surface area contributed by atoms with Gasteiger partial charge >= 0.3 is 0 Å². The third-order valence-corrected chi connectivity index (χ3v) is 6.93. The summed E-state index contributed by atoms with van der Waals surface area (Å²) in [6, 6.07) is 36.0. The lowest BCUT2D eigenvalue weighted by Gasteiger charge is -2.18. The van der Waals surface area contributed by atoms with Crippen LogP contribution in [0.4, 0.5) is 0 Å². The molecule has 45 heavy (non-hydrogen) atoms. The van der Waals surface area contributed by atoms with Crippen molar-refractivity contribution in [3.8, 4) is 34.5 Å². The Bertz CT molecular complexity index is 1670. The van der Waals surface area contributed by atoms with Crippen molar-refractivity contribution in [3.05, 3.63) is 149 Å². The Morgan fingerprint density at radius 3 is 1.58 bits per heavy atom. The summed E-state index contributed by atoms with van der Waals surface area (Å²) in [4.78, 5) is 13.3. The number of aromatic hydroxyl groups is 1. The average Bonchev–Trinajstić information content (AvgIpc) is 3.09. The number of hydrogen-bond acceptors (Lipinski definition) is 7. The molecule has 5 aromatic carbocycles. The summed E-state index contributed by atoms with van der Waals surface area (Å²) in [7, 11) is 2.90. The fraction of sp³-hybridized carbons (Fsp3) is 0.132.